The molecule has 0 aliphatic carbocycles. The topological polar surface area (TPSA) is 78.9 Å². The molecule has 1 atom stereocenters. The van der Waals surface area contributed by atoms with Gasteiger partial charge in [0.1, 0.15) is 13.2 Å². The number of hydrogen-bond donors (Lipinski definition) is 0. The minimum absolute atomic E-state index is 0.103. The Kier molecular flexibility index (Phi) is 48.5. The van der Waals surface area contributed by atoms with Gasteiger partial charge >= 0.3 is 17.9 Å². The summed E-state index contributed by atoms with van der Waals surface area (Å²) in [7, 11) is 0. The van der Waals surface area contributed by atoms with Crippen molar-refractivity contribution in [3.8, 4) is 0 Å². The molecule has 0 aliphatic rings. The molecule has 0 aromatic carbocycles. The summed E-state index contributed by atoms with van der Waals surface area (Å²) in [6.07, 6.45) is 65.8. The monoisotopic (exact) mass is 877 g/mol. The van der Waals surface area contributed by atoms with Crippen LogP contribution in [0.3, 0.4) is 0 Å². The molecular formula is C57H96O6. The molecule has 0 saturated heterocycles. The van der Waals surface area contributed by atoms with E-state index in [1.807, 2.05) is 6.08 Å². The smallest absolute Gasteiger partial charge is 0.306 e. The first kappa shape index (κ1) is 59.6. The molecule has 6 heteroatoms. The van der Waals surface area contributed by atoms with Crippen molar-refractivity contribution in [3.05, 3.63) is 85.1 Å². The lowest BCUT2D eigenvalue weighted by molar-refractivity contribution is -0.166. The number of rotatable bonds is 46. The van der Waals surface area contributed by atoms with Gasteiger partial charge in [-0.1, -0.05) is 228 Å². The predicted octanol–water partition coefficient (Wildman–Crippen LogP) is 17.2. The maximum atomic E-state index is 12.8. The highest BCUT2D eigenvalue weighted by Gasteiger charge is 2.19. The Bertz CT molecular complexity index is 1240. The molecule has 0 aromatic heterocycles. The largest absolute Gasteiger partial charge is 0.462 e. The molecule has 0 heterocycles. The lowest BCUT2D eigenvalue weighted by Gasteiger charge is -2.18. The number of carbonyl (C=O) groups is 3. The van der Waals surface area contributed by atoms with Gasteiger partial charge in [-0.05, 0) is 77.0 Å². The standard InChI is InChI=1S/C57H96O6/c1-4-7-10-13-16-19-22-24-26-28-29-30-32-33-35-38-41-44-47-50-56(59)62-53-54(52-61-55(58)49-46-43-40-37-21-18-15-12-9-6-3)63-57(60)51-48-45-42-39-36-34-31-27-25-23-20-17-14-11-8-5-2/h7,10,12,15-16,19,24,26,29-30,33,35,41,44,54H,4-6,8-9,11,13-14,17-18,20-23,25,27-28,31-32,34,36-40,42-43,45-53H2,1-3H3/b10-7-,15-12-,19-16-,26-24-,30-29-,35-33-,44-41-. The number of ether oxygens (including phenoxy) is 3. The van der Waals surface area contributed by atoms with Crippen LogP contribution in [0.1, 0.15) is 239 Å². The Morgan fingerprint density at radius 2 is 0.683 bits per heavy atom. The van der Waals surface area contributed by atoms with Gasteiger partial charge in [0.15, 0.2) is 6.10 Å². The summed E-state index contributed by atoms with van der Waals surface area (Å²) in [5, 5.41) is 0. The van der Waals surface area contributed by atoms with Crippen LogP contribution in [0.15, 0.2) is 85.1 Å². The normalized spacial score (nSPS) is 12.7. The first-order valence-electron chi connectivity index (χ1n) is 26.1. The van der Waals surface area contributed by atoms with Crippen molar-refractivity contribution in [1.29, 1.82) is 0 Å². The summed E-state index contributed by atoms with van der Waals surface area (Å²) in [6.45, 7) is 6.39. The van der Waals surface area contributed by atoms with E-state index >= 15 is 0 Å². The van der Waals surface area contributed by atoms with E-state index in [-0.39, 0.29) is 37.5 Å². The third-order valence-electron chi connectivity index (χ3n) is 10.9. The minimum Gasteiger partial charge on any atom is -0.462 e. The fourth-order valence-electron chi connectivity index (χ4n) is 7.00. The Morgan fingerprint density at radius 1 is 0.333 bits per heavy atom. The molecule has 0 fully saturated rings. The van der Waals surface area contributed by atoms with Crippen molar-refractivity contribution in [2.24, 2.45) is 0 Å². The third kappa shape index (κ3) is 49.5. The first-order valence-corrected chi connectivity index (χ1v) is 26.1. The molecule has 0 N–H and O–H groups in total. The number of allylic oxidation sites excluding steroid dienone is 14. The molecule has 0 spiro atoms. The van der Waals surface area contributed by atoms with Crippen LogP contribution in [0.2, 0.25) is 0 Å². The van der Waals surface area contributed by atoms with Gasteiger partial charge in [0.25, 0.3) is 0 Å². The molecule has 0 aliphatic heterocycles. The summed E-state index contributed by atoms with van der Waals surface area (Å²) >= 11 is 0. The summed E-state index contributed by atoms with van der Waals surface area (Å²) in [5.74, 6) is -0.999. The van der Waals surface area contributed by atoms with E-state index in [1.54, 1.807) is 0 Å². The minimum atomic E-state index is -0.807. The Labute approximate surface area is 388 Å². The van der Waals surface area contributed by atoms with Crippen LogP contribution in [-0.2, 0) is 28.6 Å². The summed E-state index contributed by atoms with van der Waals surface area (Å²) in [6, 6.07) is 0. The molecule has 1 unspecified atom stereocenters. The van der Waals surface area contributed by atoms with E-state index in [4.69, 9.17) is 14.2 Å². The molecule has 0 amide bonds. The molecule has 360 valence electrons. The van der Waals surface area contributed by atoms with Crippen LogP contribution >= 0.6 is 0 Å². The highest BCUT2D eigenvalue weighted by molar-refractivity contribution is 5.71. The first-order chi connectivity index (χ1) is 31.0. The van der Waals surface area contributed by atoms with Gasteiger partial charge in [-0.15, -0.1) is 0 Å². The van der Waals surface area contributed by atoms with Crippen LogP contribution in [0, 0.1) is 0 Å². The fraction of sp³-hybridized carbons (Fsp3) is 0.702. The highest BCUT2D eigenvalue weighted by Crippen LogP contribution is 2.15. The van der Waals surface area contributed by atoms with Gasteiger partial charge < -0.3 is 14.2 Å². The molecular weight excluding hydrogens is 781 g/mol. The quantitative estimate of drug-likeness (QED) is 0.0262. The zero-order valence-corrected chi connectivity index (χ0v) is 41.1. The zero-order valence-electron chi connectivity index (χ0n) is 41.1. The molecule has 0 radical (unpaired) electrons. The van der Waals surface area contributed by atoms with E-state index in [0.29, 0.717) is 19.3 Å². The van der Waals surface area contributed by atoms with Gasteiger partial charge in [0.05, 0.1) is 0 Å². The van der Waals surface area contributed by atoms with E-state index in [2.05, 4.69) is 99.8 Å². The van der Waals surface area contributed by atoms with Gasteiger partial charge in [-0.25, -0.2) is 0 Å². The van der Waals surface area contributed by atoms with Crippen molar-refractivity contribution in [2.75, 3.05) is 13.2 Å². The Hall–Kier alpha value is -3.41. The molecule has 6 nitrogen and oxygen atoms in total. The molecule has 63 heavy (non-hydrogen) atoms. The van der Waals surface area contributed by atoms with Gasteiger partial charge in [0.2, 0.25) is 0 Å². The third-order valence-corrected chi connectivity index (χ3v) is 10.9. The maximum absolute atomic E-state index is 12.8. The number of carbonyl (C=O) groups excluding carboxylic acids is 3. The zero-order chi connectivity index (χ0) is 45.8. The van der Waals surface area contributed by atoms with Crippen molar-refractivity contribution < 1.29 is 28.6 Å². The highest BCUT2D eigenvalue weighted by atomic mass is 16.6. The summed E-state index contributed by atoms with van der Waals surface area (Å²) in [5.41, 5.74) is 0. The van der Waals surface area contributed by atoms with Gasteiger partial charge in [-0.2, -0.15) is 0 Å². The molecule has 0 rings (SSSR count). The van der Waals surface area contributed by atoms with Crippen LogP contribution in [-0.4, -0.2) is 37.2 Å². The van der Waals surface area contributed by atoms with Crippen LogP contribution in [0.4, 0.5) is 0 Å². The van der Waals surface area contributed by atoms with Gasteiger partial charge in [0, 0.05) is 19.3 Å². The summed E-state index contributed by atoms with van der Waals surface area (Å²) < 4.78 is 16.7. The molecule has 0 saturated carbocycles. The second kappa shape index (κ2) is 51.2. The average Bonchev–Trinajstić information content (AvgIpc) is 3.28. The van der Waals surface area contributed by atoms with Crippen molar-refractivity contribution in [3.63, 3.8) is 0 Å². The SMILES string of the molecule is CC/C=C\C/C=C\C/C=C\C/C=C\C/C=C\C/C=C\CCC(=O)OCC(COC(=O)CCCCCCC/C=C\CCC)OC(=O)CCCCCCCCCCCCCCCCCC. The molecule has 0 aromatic rings. The van der Waals surface area contributed by atoms with Crippen LogP contribution in [0.5, 0.6) is 0 Å². The second-order valence-electron chi connectivity index (χ2n) is 17.1. The number of esters is 3. The lowest BCUT2D eigenvalue weighted by atomic mass is 10.0. The van der Waals surface area contributed by atoms with Crippen molar-refractivity contribution >= 4 is 17.9 Å². The second-order valence-corrected chi connectivity index (χ2v) is 17.1. The van der Waals surface area contributed by atoms with Crippen molar-refractivity contribution in [1.82, 2.24) is 0 Å². The Morgan fingerprint density at radius 3 is 1.13 bits per heavy atom. The van der Waals surface area contributed by atoms with Crippen molar-refractivity contribution in [2.45, 2.75) is 245 Å². The van der Waals surface area contributed by atoms with Crippen LogP contribution < -0.4 is 0 Å². The summed E-state index contributed by atoms with van der Waals surface area (Å²) in [4.78, 5) is 37.9. The lowest BCUT2D eigenvalue weighted by Crippen LogP contribution is -2.30. The Balaban J connectivity index is 4.45. The van der Waals surface area contributed by atoms with E-state index < -0.39 is 6.10 Å². The van der Waals surface area contributed by atoms with E-state index in [1.165, 1.54) is 96.3 Å². The van der Waals surface area contributed by atoms with E-state index in [0.717, 1.165) is 96.3 Å². The number of unbranched alkanes of at least 4 members (excludes halogenated alkanes) is 21. The van der Waals surface area contributed by atoms with Crippen LogP contribution in [0.25, 0.3) is 0 Å². The van der Waals surface area contributed by atoms with Gasteiger partial charge in [-0.3, -0.25) is 14.4 Å². The molecule has 0 bridgehead atoms. The van der Waals surface area contributed by atoms with E-state index in [9.17, 15) is 14.4 Å². The fourth-order valence-corrected chi connectivity index (χ4v) is 7.00. The maximum Gasteiger partial charge on any atom is 0.306 e. The average molecular weight is 877 g/mol. The number of hydrogen-bond acceptors (Lipinski definition) is 6. The predicted molar refractivity (Wildman–Crippen MR) is 270 cm³/mol.